The van der Waals surface area contributed by atoms with Crippen molar-refractivity contribution in [3.05, 3.63) is 28.7 Å². The minimum absolute atomic E-state index is 0.00478. The van der Waals surface area contributed by atoms with Gasteiger partial charge in [-0.3, -0.25) is 9.59 Å². The van der Waals surface area contributed by atoms with Gasteiger partial charge >= 0.3 is 0 Å². The Hall–Kier alpha value is -1.27. The second kappa shape index (κ2) is 7.50. The smallest absolute Gasteiger partial charge is 0.250 e. The fourth-order valence-electron chi connectivity index (χ4n) is 2.21. The van der Waals surface area contributed by atoms with E-state index in [1.807, 2.05) is 6.92 Å². The van der Waals surface area contributed by atoms with E-state index in [1.54, 1.807) is 28.6 Å². The molecule has 1 amide bonds. The molecule has 1 aromatic heterocycles. The Kier molecular flexibility index (Phi) is 5.67. The number of nitrogens with zero attached hydrogens (tertiary/aromatic N) is 1. The van der Waals surface area contributed by atoms with Crippen molar-refractivity contribution in [2.45, 2.75) is 31.6 Å². The summed E-state index contributed by atoms with van der Waals surface area (Å²) in [4.78, 5) is 23.4. The van der Waals surface area contributed by atoms with Crippen LogP contribution >= 0.6 is 11.8 Å². The molecule has 0 aliphatic carbocycles. The number of thioether (sulfide) groups is 1. The topological polar surface area (TPSA) is 63.1 Å². The maximum Gasteiger partial charge on any atom is 0.250 e. The van der Waals surface area contributed by atoms with E-state index < -0.39 is 0 Å². The predicted octanol–water partition coefficient (Wildman–Crippen LogP) is 1.29. The first kappa shape index (κ1) is 15.1. The summed E-state index contributed by atoms with van der Waals surface area (Å²) in [6.07, 6.45) is 3.94. The number of carbonyl (C=O) groups excluding carboxylic acids is 1. The van der Waals surface area contributed by atoms with Gasteiger partial charge in [0, 0.05) is 24.1 Å². The maximum absolute atomic E-state index is 11.9. The van der Waals surface area contributed by atoms with Gasteiger partial charge in [0.05, 0.1) is 11.4 Å². The van der Waals surface area contributed by atoms with Crippen molar-refractivity contribution in [1.82, 2.24) is 9.88 Å². The third kappa shape index (κ3) is 4.38. The van der Waals surface area contributed by atoms with Gasteiger partial charge in [0.25, 0.3) is 5.56 Å². The molecule has 0 unspecified atom stereocenters. The third-order valence-electron chi connectivity index (χ3n) is 3.34. The van der Waals surface area contributed by atoms with Crippen molar-refractivity contribution in [3.63, 3.8) is 0 Å². The van der Waals surface area contributed by atoms with Gasteiger partial charge in [-0.15, -0.1) is 11.8 Å². The van der Waals surface area contributed by atoms with Gasteiger partial charge in [0.1, 0.15) is 0 Å². The van der Waals surface area contributed by atoms with Gasteiger partial charge in [-0.25, -0.2) is 0 Å². The first-order valence-electron chi connectivity index (χ1n) is 7.01. The number of anilines is 1. The third-order valence-corrected chi connectivity index (χ3v) is 4.72. The van der Waals surface area contributed by atoms with Crippen molar-refractivity contribution < 1.29 is 4.79 Å². The molecular weight excluding hydrogens is 274 g/mol. The molecule has 1 fully saturated rings. The van der Waals surface area contributed by atoms with Crippen molar-refractivity contribution in [2.24, 2.45) is 0 Å². The fraction of sp³-hybridized carbons (Fsp3) is 0.571. The highest BCUT2D eigenvalue weighted by Gasteiger charge is 2.15. The Bertz CT molecular complexity index is 509. The lowest BCUT2D eigenvalue weighted by atomic mass is 10.2. The summed E-state index contributed by atoms with van der Waals surface area (Å²) >= 11 is 1.72. The monoisotopic (exact) mass is 295 g/mol. The molecule has 20 heavy (non-hydrogen) atoms. The van der Waals surface area contributed by atoms with E-state index in [-0.39, 0.29) is 11.5 Å². The van der Waals surface area contributed by atoms with Gasteiger partial charge in [0.2, 0.25) is 5.91 Å². The maximum atomic E-state index is 11.9. The number of aryl methyl sites for hydroxylation is 1. The fourth-order valence-corrected chi connectivity index (χ4v) is 3.23. The first-order valence-corrected chi connectivity index (χ1v) is 8.06. The molecule has 2 rings (SSSR count). The van der Waals surface area contributed by atoms with Gasteiger partial charge in [-0.2, -0.15) is 0 Å². The molecule has 2 N–H and O–H groups in total. The van der Waals surface area contributed by atoms with Gasteiger partial charge in [0.15, 0.2) is 0 Å². The lowest BCUT2D eigenvalue weighted by Crippen LogP contribution is -2.30. The van der Waals surface area contributed by atoms with Crippen molar-refractivity contribution in [2.75, 3.05) is 24.2 Å². The molecule has 1 aliphatic rings. The molecule has 0 bridgehead atoms. The Morgan fingerprint density at radius 2 is 2.20 bits per heavy atom. The number of hydrogen-bond acceptors (Lipinski definition) is 4. The van der Waals surface area contributed by atoms with Crippen LogP contribution in [0.5, 0.6) is 0 Å². The number of carbonyl (C=O) groups is 1. The van der Waals surface area contributed by atoms with Crippen LogP contribution in [0.2, 0.25) is 0 Å². The lowest BCUT2D eigenvalue weighted by Gasteiger charge is -2.21. The molecule has 110 valence electrons. The minimum atomic E-state index is -0.0467. The number of piperidine rings is 1. The van der Waals surface area contributed by atoms with Crippen LogP contribution in [0.3, 0.4) is 0 Å². The van der Waals surface area contributed by atoms with E-state index in [9.17, 15) is 9.59 Å². The minimum Gasteiger partial charge on any atom is -0.324 e. The second-order valence-corrected chi connectivity index (χ2v) is 6.14. The molecule has 2 heterocycles. The van der Waals surface area contributed by atoms with E-state index >= 15 is 0 Å². The Morgan fingerprint density at radius 1 is 1.45 bits per heavy atom. The van der Waals surface area contributed by atoms with Gasteiger partial charge in [-0.05, 0) is 38.9 Å². The van der Waals surface area contributed by atoms with Crippen molar-refractivity contribution >= 4 is 23.4 Å². The Morgan fingerprint density at radius 3 is 2.90 bits per heavy atom. The number of pyridine rings is 1. The Balaban J connectivity index is 1.83. The van der Waals surface area contributed by atoms with Crippen molar-refractivity contribution in [1.29, 1.82) is 0 Å². The molecule has 1 aromatic rings. The van der Waals surface area contributed by atoms with E-state index in [2.05, 4.69) is 10.6 Å². The Labute approximate surface area is 123 Å². The number of aromatic nitrogens is 1. The predicted molar refractivity (Wildman–Crippen MR) is 83.4 cm³/mol. The summed E-state index contributed by atoms with van der Waals surface area (Å²) < 4.78 is 1.58. The summed E-state index contributed by atoms with van der Waals surface area (Å²) in [6, 6.07) is 3.14. The SMILES string of the molecule is CCn1cc(NC(=O)CSC2CCNCC2)ccc1=O. The second-order valence-electron chi connectivity index (χ2n) is 4.85. The van der Waals surface area contributed by atoms with E-state index in [0.29, 0.717) is 23.2 Å². The highest BCUT2D eigenvalue weighted by Crippen LogP contribution is 2.20. The molecule has 0 spiro atoms. The summed E-state index contributed by atoms with van der Waals surface area (Å²) in [7, 11) is 0. The number of rotatable bonds is 5. The van der Waals surface area contributed by atoms with Crippen LogP contribution in [0.4, 0.5) is 5.69 Å². The number of amides is 1. The average Bonchev–Trinajstić information content (AvgIpc) is 2.48. The normalized spacial score (nSPS) is 16.1. The van der Waals surface area contributed by atoms with Crippen LogP contribution in [-0.2, 0) is 11.3 Å². The van der Waals surface area contributed by atoms with Crippen LogP contribution in [0.25, 0.3) is 0 Å². The van der Waals surface area contributed by atoms with Crippen LogP contribution in [0.1, 0.15) is 19.8 Å². The summed E-state index contributed by atoms with van der Waals surface area (Å²) in [6.45, 7) is 4.59. The highest BCUT2D eigenvalue weighted by molar-refractivity contribution is 8.00. The summed E-state index contributed by atoms with van der Waals surface area (Å²) in [5.41, 5.74) is 0.636. The van der Waals surface area contributed by atoms with Crippen molar-refractivity contribution in [3.8, 4) is 0 Å². The summed E-state index contributed by atoms with van der Waals surface area (Å²) in [5, 5.41) is 6.74. The van der Waals surface area contributed by atoms with E-state index in [1.165, 1.54) is 6.07 Å². The highest BCUT2D eigenvalue weighted by atomic mass is 32.2. The first-order chi connectivity index (χ1) is 9.69. The van der Waals surface area contributed by atoms with Crippen LogP contribution in [-0.4, -0.2) is 34.6 Å². The van der Waals surface area contributed by atoms with E-state index in [0.717, 1.165) is 25.9 Å². The molecule has 5 nitrogen and oxygen atoms in total. The summed E-state index contributed by atoms with van der Waals surface area (Å²) in [5.74, 6) is 0.463. The van der Waals surface area contributed by atoms with Gasteiger partial charge in [-0.1, -0.05) is 0 Å². The number of hydrogen-bond donors (Lipinski definition) is 2. The molecule has 1 aliphatic heterocycles. The van der Waals surface area contributed by atoms with E-state index in [4.69, 9.17) is 0 Å². The number of nitrogens with one attached hydrogen (secondary N) is 2. The van der Waals surface area contributed by atoms with Gasteiger partial charge < -0.3 is 15.2 Å². The van der Waals surface area contributed by atoms with Crippen LogP contribution in [0, 0.1) is 0 Å². The van der Waals surface area contributed by atoms with Crippen LogP contribution < -0.4 is 16.2 Å². The molecule has 0 atom stereocenters. The zero-order valence-electron chi connectivity index (χ0n) is 11.7. The lowest BCUT2D eigenvalue weighted by molar-refractivity contribution is -0.113. The average molecular weight is 295 g/mol. The largest absolute Gasteiger partial charge is 0.324 e. The molecule has 0 aromatic carbocycles. The standard InChI is InChI=1S/C14H21N3O2S/c1-2-17-9-11(3-4-14(17)19)16-13(18)10-20-12-5-7-15-8-6-12/h3-4,9,12,15H,2,5-8,10H2,1H3,(H,16,18). The molecule has 1 saturated heterocycles. The zero-order valence-corrected chi connectivity index (χ0v) is 12.5. The molecule has 6 heteroatoms. The molecule has 0 radical (unpaired) electrons. The van der Waals surface area contributed by atoms with Crippen LogP contribution in [0.15, 0.2) is 23.1 Å². The molecule has 0 saturated carbocycles. The molecular formula is C14H21N3O2S. The quantitative estimate of drug-likeness (QED) is 0.859. The zero-order chi connectivity index (χ0) is 14.4.